The molecule has 3 atom stereocenters. The van der Waals surface area contributed by atoms with Crippen molar-refractivity contribution in [3.8, 4) is 0 Å². The Balaban J connectivity index is 2.99. The van der Waals surface area contributed by atoms with E-state index in [9.17, 15) is 24.3 Å². The first kappa shape index (κ1) is 22.0. The van der Waals surface area contributed by atoms with Crippen molar-refractivity contribution in [2.75, 3.05) is 13.1 Å². The van der Waals surface area contributed by atoms with Crippen LogP contribution in [0.1, 0.15) is 44.9 Å². The third-order valence-corrected chi connectivity index (χ3v) is 4.70. The molecule has 1 saturated heterocycles. The van der Waals surface area contributed by atoms with Crippen molar-refractivity contribution in [1.29, 1.82) is 0 Å². The van der Waals surface area contributed by atoms with Gasteiger partial charge in [-0.3, -0.25) is 14.4 Å². The minimum atomic E-state index is -2.08. The highest BCUT2D eigenvalue weighted by molar-refractivity contribution is 6.13. The molecule has 0 aromatic carbocycles. The Hall–Kier alpha value is -2.04. The molecule has 1 fully saturated rings. The summed E-state index contributed by atoms with van der Waals surface area (Å²) in [6, 6.07) is -2.22. The molecule has 0 aliphatic carbocycles. The smallest absolute Gasteiger partial charge is 0.337 e. The van der Waals surface area contributed by atoms with E-state index in [1.807, 2.05) is 0 Å². The second kappa shape index (κ2) is 9.60. The largest absolute Gasteiger partial charge is 0.481 e. The van der Waals surface area contributed by atoms with E-state index in [1.54, 1.807) is 0 Å². The normalized spacial score (nSPS) is 22.0. The molecule has 10 heteroatoms. The molecular weight excluding hydrogens is 344 g/mol. The first-order chi connectivity index (χ1) is 12.2. The van der Waals surface area contributed by atoms with Crippen LogP contribution in [0.15, 0.2) is 0 Å². The molecule has 8 N–H and O–H groups in total. The summed E-state index contributed by atoms with van der Waals surface area (Å²) < 4.78 is 0. The predicted molar refractivity (Wildman–Crippen MR) is 92.0 cm³/mol. The molecule has 0 bridgehead atoms. The van der Waals surface area contributed by atoms with Gasteiger partial charge in [-0.15, -0.1) is 0 Å². The van der Waals surface area contributed by atoms with Crippen molar-refractivity contribution < 1.29 is 29.4 Å². The number of hydrogen-bond acceptors (Lipinski definition) is 7. The number of rotatable bonds is 11. The molecule has 0 saturated carbocycles. The fourth-order valence-electron chi connectivity index (χ4n) is 3.25. The zero-order valence-electron chi connectivity index (χ0n) is 14.7. The number of carbonyl (C=O) groups is 4. The summed E-state index contributed by atoms with van der Waals surface area (Å²) in [6.45, 7) is 0.549. The first-order valence-corrected chi connectivity index (χ1v) is 8.70. The number of unbranched alkanes of at least 4 members (excludes halogenated alkanes) is 1. The number of amides is 1. The molecule has 3 unspecified atom stereocenters. The number of carboxylic acid groups (broad SMARTS) is 2. The lowest BCUT2D eigenvalue weighted by molar-refractivity contribution is -0.162. The minimum Gasteiger partial charge on any atom is -0.481 e. The standard InChI is InChI=1S/C16H28N4O6/c17-8-2-1-4-11(19)14(24)20-9-3-7-16(20,15(25)26)13(23)10(18)5-6-12(21)22/h10-11H,1-9,17-19H2,(H,21,22)(H,25,26). The quantitative estimate of drug-likeness (QED) is 0.215. The summed E-state index contributed by atoms with van der Waals surface area (Å²) >= 11 is 0. The van der Waals surface area contributed by atoms with Crippen molar-refractivity contribution in [3.05, 3.63) is 0 Å². The van der Waals surface area contributed by atoms with Crippen molar-refractivity contribution in [2.45, 2.75) is 62.6 Å². The SMILES string of the molecule is NCCCCC(N)C(=O)N1CCCC1(C(=O)O)C(=O)C(N)CCC(=O)O. The van der Waals surface area contributed by atoms with E-state index in [4.69, 9.17) is 22.3 Å². The molecule has 148 valence electrons. The molecular formula is C16H28N4O6. The summed E-state index contributed by atoms with van der Waals surface area (Å²) in [4.78, 5) is 49.1. The average Bonchev–Trinajstić information content (AvgIpc) is 3.04. The van der Waals surface area contributed by atoms with Crippen molar-refractivity contribution in [1.82, 2.24) is 4.90 Å². The summed E-state index contributed by atoms with van der Waals surface area (Å²) in [5, 5.41) is 18.5. The highest BCUT2D eigenvalue weighted by Gasteiger charge is 2.57. The van der Waals surface area contributed by atoms with Crippen molar-refractivity contribution in [2.24, 2.45) is 17.2 Å². The topological polar surface area (TPSA) is 190 Å². The van der Waals surface area contributed by atoms with Gasteiger partial charge in [0.15, 0.2) is 5.78 Å². The van der Waals surface area contributed by atoms with E-state index in [1.165, 1.54) is 0 Å². The third kappa shape index (κ3) is 4.77. The number of aliphatic carboxylic acids is 2. The van der Waals surface area contributed by atoms with Gasteiger partial charge in [-0.1, -0.05) is 6.42 Å². The molecule has 1 rings (SSSR count). The van der Waals surface area contributed by atoms with Crippen LogP contribution in [0.4, 0.5) is 0 Å². The van der Waals surface area contributed by atoms with Gasteiger partial charge in [0, 0.05) is 13.0 Å². The molecule has 1 aliphatic rings. The van der Waals surface area contributed by atoms with Gasteiger partial charge >= 0.3 is 11.9 Å². The molecule has 1 heterocycles. The lowest BCUT2D eigenvalue weighted by Gasteiger charge is -2.36. The molecule has 0 aromatic rings. The number of ketones is 1. The number of hydrogen-bond donors (Lipinski definition) is 5. The van der Waals surface area contributed by atoms with Gasteiger partial charge in [-0.25, -0.2) is 4.79 Å². The average molecular weight is 372 g/mol. The molecule has 0 aromatic heterocycles. The van der Waals surface area contributed by atoms with Gasteiger partial charge in [0.1, 0.15) is 0 Å². The fourth-order valence-corrected chi connectivity index (χ4v) is 3.25. The summed E-state index contributed by atoms with van der Waals surface area (Å²) in [5.74, 6) is -4.07. The third-order valence-electron chi connectivity index (χ3n) is 4.70. The number of likely N-dealkylation sites (tertiary alicyclic amines) is 1. The Morgan fingerprint density at radius 1 is 1.04 bits per heavy atom. The monoisotopic (exact) mass is 372 g/mol. The first-order valence-electron chi connectivity index (χ1n) is 8.70. The van der Waals surface area contributed by atoms with Gasteiger partial charge in [-0.05, 0) is 38.6 Å². The predicted octanol–water partition coefficient (Wildman–Crippen LogP) is -1.35. The molecule has 0 spiro atoms. The maximum Gasteiger partial charge on any atom is 0.337 e. The Labute approximate surface area is 151 Å². The van der Waals surface area contributed by atoms with Gasteiger partial charge in [0.2, 0.25) is 11.4 Å². The number of carbonyl (C=O) groups excluding carboxylic acids is 2. The highest BCUT2D eigenvalue weighted by Crippen LogP contribution is 2.33. The van der Waals surface area contributed by atoms with Crippen molar-refractivity contribution >= 4 is 23.6 Å². The summed E-state index contributed by atoms with van der Waals surface area (Å²) in [6.07, 6.45) is 1.33. The van der Waals surface area contributed by atoms with Gasteiger partial charge in [0.25, 0.3) is 0 Å². The van der Waals surface area contributed by atoms with E-state index < -0.39 is 41.3 Å². The molecule has 26 heavy (non-hydrogen) atoms. The maximum atomic E-state index is 12.8. The molecule has 0 radical (unpaired) electrons. The minimum absolute atomic E-state index is 0.0663. The zero-order valence-corrected chi connectivity index (χ0v) is 14.7. The van der Waals surface area contributed by atoms with Crippen LogP contribution in [0.25, 0.3) is 0 Å². The van der Waals surface area contributed by atoms with Crippen LogP contribution >= 0.6 is 0 Å². The van der Waals surface area contributed by atoms with Crippen molar-refractivity contribution in [3.63, 3.8) is 0 Å². The van der Waals surface area contributed by atoms with Gasteiger partial charge in [-0.2, -0.15) is 0 Å². The Bertz CT molecular complexity index is 555. The molecule has 1 amide bonds. The van der Waals surface area contributed by atoms with E-state index in [2.05, 4.69) is 0 Å². The Kier molecular flexibility index (Phi) is 8.12. The zero-order chi connectivity index (χ0) is 19.9. The van der Waals surface area contributed by atoms with E-state index >= 15 is 0 Å². The van der Waals surface area contributed by atoms with E-state index in [0.29, 0.717) is 32.2 Å². The highest BCUT2D eigenvalue weighted by atomic mass is 16.4. The Morgan fingerprint density at radius 3 is 2.23 bits per heavy atom. The van der Waals surface area contributed by atoms with Crippen LogP contribution in [0.2, 0.25) is 0 Å². The lowest BCUT2D eigenvalue weighted by atomic mass is 9.85. The number of carboxylic acids is 2. The van der Waals surface area contributed by atoms with Crippen LogP contribution in [0, 0.1) is 0 Å². The van der Waals surface area contributed by atoms with E-state index in [0.717, 1.165) is 4.90 Å². The van der Waals surface area contributed by atoms with Crippen LogP contribution in [0.3, 0.4) is 0 Å². The fraction of sp³-hybridized carbons (Fsp3) is 0.750. The number of Topliss-reactive ketones (excluding diaryl/α,β-unsaturated/α-hetero) is 1. The second-order valence-electron chi connectivity index (χ2n) is 6.55. The lowest BCUT2D eigenvalue weighted by Crippen LogP contribution is -2.64. The van der Waals surface area contributed by atoms with Crippen LogP contribution in [0.5, 0.6) is 0 Å². The van der Waals surface area contributed by atoms with Crippen LogP contribution < -0.4 is 17.2 Å². The Morgan fingerprint density at radius 2 is 1.69 bits per heavy atom. The number of nitrogens with zero attached hydrogens (tertiary/aromatic N) is 1. The van der Waals surface area contributed by atoms with Crippen LogP contribution in [-0.4, -0.2) is 69.5 Å². The summed E-state index contributed by atoms with van der Waals surface area (Å²) in [5.41, 5.74) is 15.0. The molecule has 10 nitrogen and oxygen atoms in total. The summed E-state index contributed by atoms with van der Waals surface area (Å²) in [7, 11) is 0. The molecule has 1 aliphatic heterocycles. The van der Waals surface area contributed by atoms with Gasteiger partial charge < -0.3 is 32.3 Å². The van der Waals surface area contributed by atoms with E-state index in [-0.39, 0.29) is 25.8 Å². The second-order valence-corrected chi connectivity index (χ2v) is 6.55. The van der Waals surface area contributed by atoms with Crippen LogP contribution in [-0.2, 0) is 19.2 Å². The number of nitrogens with two attached hydrogens (primary N) is 3. The van der Waals surface area contributed by atoms with Gasteiger partial charge in [0.05, 0.1) is 12.1 Å². The maximum absolute atomic E-state index is 12.8.